The van der Waals surface area contributed by atoms with Crippen LogP contribution in [0.25, 0.3) is 0 Å². The summed E-state index contributed by atoms with van der Waals surface area (Å²) in [5.74, 6) is 0.533. The highest BCUT2D eigenvalue weighted by atomic mass is 32.2. The molecule has 0 aromatic rings. The van der Waals surface area contributed by atoms with Crippen LogP contribution in [0.1, 0.15) is 20.8 Å². The molecule has 0 aromatic carbocycles. The highest BCUT2D eigenvalue weighted by Crippen LogP contribution is 2.13. The monoisotopic (exact) mass is 318 g/mol. The SMILES string of the molecule is C=N/C(=C(/C)C(C)=N)N(CC)C[C@H](O)CN(C)S(C)(=O)=O. The second kappa shape index (κ2) is 8.26. The molecule has 0 saturated heterocycles. The molecule has 0 saturated carbocycles. The van der Waals surface area contributed by atoms with Crippen LogP contribution in [0.5, 0.6) is 0 Å². The number of aliphatic hydroxyl groups excluding tert-OH is 1. The molecule has 8 heteroatoms. The topological polar surface area (TPSA) is 97.1 Å². The van der Waals surface area contributed by atoms with Crippen molar-refractivity contribution in [2.75, 3.05) is 32.9 Å². The number of aliphatic imine (C=N–C) groups is 1. The Bertz CT molecular complexity index is 514. The Morgan fingerprint density at radius 1 is 1.38 bits per heavy atom. The molecule has 0 bridgehead atoms. The molecule has 21 heavy (non-hydrogen) atoms. The first kappa shape index (κ1) is 19.8. The number of sulfonamides is 1. The van der Waals surface area contributed by atoms with Gasteiger partial charge in [-0.1, -0.05) is 0 Å². The largest absolute Gasteiger partial charge is 0.390 e. The van der Waals surface area contributed by atoms with Crippen molar-refractivity contribution in [2.45, 2.75) is 26.9 Å². The summed E-state index contributed by atoms with van der Waals surface area (Å²) in [5, 5.41) is 17.7. The average molecular weight is 318 g/mol. The van der Waals surface area contributed by atoms with E-state index in [9.17, 15) is 13.5 Å². The summed E-state index contributed by atoms with van der Waals surface area (Å²) >= 11 is 0. The summed E-state index contributed by atoms with van der Waals surface area (Å²) in [5.41, 5.74) is 1.05. The second-order valence-corrected chi connectivity index (χ2v) is 7.06. The smallest absolute Gasteiger partial charge is 0.211 e. The van der Waals surface area contributed by atoms with Gasteiger partial charge in [-0.3, -0.25) is 0 Å². The van der Waals surface area contributed by atoms with Crippen LogP contribution in [0.15, 0.2) is 16.4 Å². The molecule has 0 unspecified atom stereocenters. The van der Waals surface area contributed by atoms with Gasteiger partial charge in [0.15, 0.2) is 0 Å². The first-order valence-corrected chi connectivity index (χ1v) is 8.46. The van der Waals surface area contributed by atoms with Crippen LogP contribution < -0.4 is 0 Å². The average Bonchev–Trinajstić information content (AvgIpc) is 2.36. The molecular weight excluding hydrogens is 292 g/mol. The number of allylic oxidation sites excluding steroid dienone is 1. The van der Waals surface area contributed by atoms with Gasteiger partial charge in [-0.2, -0.15) is 0 Å². The number of nitrogens with one attached hydrogen (secondary N) is 1. The lowest BCUT2D eigenvalue weighted by Crippen LogP contribution is -2.40. The van der Waals surface area contributed by atoms with Gasteiger partial charge in [-0.05, 0) is 27.5 Å². The quantitative estimate of drug-likeness (QED) is 0.606. The molecule has 0 aliphatic rings. The van der Waals surface area contributed by atoms with Gasteiger partial charge >= 0.3 is 0 Å². The first-order valence-electron chi connectivity index (χ1n) is 6.62. The molecule has 0 amide bonds. The van der Waals surface area contributed by atoms with Crippen LogP contribution in [0.4, 0.5) is 0 Å². The van der Waals surface area contributed by atoms with Gasteiger partial charge in [-0.15, -0.1) is 0 Å². The van der Waals surface area contributed by atoms with E-state index in [1.807, 2.05) is 6.92 Å². The zero-order valence-corrected chi connectivity index (χ0v) is 14.2. The lowest BCUT2D eigenvalue weighted by atomic mass is 10.2. The summed E-state index contributed by atoms with van der Waals surface area (Å²) < 4.78 is 23.8. The molecule has 0 spiro atoms. The molecular formula is C13H26N4O3S. The summed E-state index contributed by atoms with van der Waals surface area (Å²) in [6, 6.07) is 0. The predicted octanol–water partition coefficient (Wildman–Crippen LogP) is 0.532. The van der Waals surface area contributed by atoms with Gasteiger partial charge in [0.05, 0.1) is 12.4 Å². The normalized spacial score (nSPS) is 14.6. The number of nitrogens with zero attached hydrogens (tertiary/aromatic N) is 3. The minimum Gasteiger partial charge on any atom is -0.390 e. The van der Waals surface area contributed by atoms with Crippen molar-refractivity contribution in [3.8, 4) is 0 Å². The summed E-state index contributed by atoms with van der Waals surface area (Å²) in [6.45, 7) is 9.61. The van der Waals surface area contributed by atoms with Crippen LogP contribution in [0.3, 0.4) is 0 Å². The Morgan fingerprint density at radius 3 is 2.24 bits per heavy atom. The molecule has 1 atom stereocenters. The molecule has 0 aromatic heterocycles. The van der Waals surface area contributed by atoms with Crippen LogP contribution in [-0.4, -0.2) is 74.2 Å². The highest BCUT2D eigenvalue weighted by molar-refractivity contribution is 7.88. The van der Waals surface area contributed by atoms with E-state index in [4.69, 9.17) is 5.41 Å². The third kappa shape index (κ3) is 6.36. The lowest BCUT2D eigenvalue weighted by molar-refractivity contribution is 0.114. The van der Waals surface area contributed by atoms with Crippen molar-refractivity contribution in [3.05, 3.63) is 11.4 Å². The fraction of sp³-hybridized carbons (Fsp3) is 0.692. The third-order valence-corrected chi connectivity index (χ3v) is 4.48. The molecule has 0 fully saturated rings. The van der Waals surface area contributed by atoms with Crippen LogP contribution >= 0.6 is 0 Å². The Morgan fingerprint density at radius 2 is 1.90 bits per heavy atom. The Labute approximate surface area is 127 Å². The summed E-state index contributed by atoms with van der Waals surface area (Å²) in [7, 11) is -1.90. The molecule has 0 heterocycles. The maximum atomic E-state index is 11.3. The number of hydrogen-bond acceptors (Lipinski definition) is 6. The number of hydrogen-bond donors (Lipinski definition) is 2. The highest BCUT2D eigenvalue weighted by Gasteiger charge is 2.19. The van der Waals surface area contributed by atoms with E-state index < -0.39 is 16.1 Å². The van der Waals surface area contributed by atoms with Crippen molar-refractivity contribution >= 4 is 22.5 Å². The van der Waals surface area contributed by atoms with Gasteiger partial charge < -0.3 is 15.4 Å². The van der Waals surface area contributed by atoms with E-state index in [2.05, 4.69) is 11.7 Å². The van der Waals surface area contributed by atoms with Crippen LogP contribution in [-0.2, 0) is 10.0 Å². The Kier molecular flexibility index (Phi) is 7.76. The maximum Gasteiger partial charge on any atom is 0.211 e. The summed E-state index contributed by atoms with van der Waals surface area (Å²) in [4.78, 5) is 5.71. The minimum atomic E-state index is -3.32. The van der Waals surface area contributed by atoms with Crippen molar-refractivity contribution < 1.29 is 13.5 Å². The van der Waals surface area contributed by atoms with Gasteiger partial charge in [-0.25, -0.2) is 17.7 Å². The Balaban J connectivity index is 5.04. The van der Waals surface area contributed by atoms with Crippen molar-refractivity contribution in [1.29, 1.82) is 5.41 Å². The molecule has 7 nitrogen and oxygen atoms in total. The number of aliphatic hydroxyl groups is 1. The zero-order chi connectivity index (χ0) is 16.8. The third-order valence-electron chi connectivity index (χ3n) is 3.19. The standard InChI is InChI=1S/C13H26N4O3S/c1-7-17(13(15-4)10(2)11(3)14)9-12(18)8-16(5)21(6,19)20/h12,14,18H,4,7-9H2,1-3,5-6H3/b13-10+,14-11?/t12-/m1/s1. The zero-order valence-electron chi connectivity index (χ0n) is 13.4. The van der Waals surface area contributed by atoms with Crippen molar-refractivity contribution in [1.82, 2.24) is 9.21 Å². The van der Waals surface area contributed by atoms with Gasteiger partial charge in [0.2, 0.25) is 10.0 Å². The van der Waals surface area contributed by atoms with E-state index in [1.165, 1.54) is 7.05 Å². The van der Waals surface area contributed by atoms with E-state index in [-0.39, 0.29) is 13.1 Å². The van der Waals surface area contributed by atoms with E-state index >= 15 is 0 Å². The molecule has 0 radical (unpaired) electrons. The lowest BCUT2D eigenvalue weighted by Gasteiger charge is -2.28. The number of rotatable bonds is 9. The number of likely N-dealkylation sites (N-methyl/N-ethyl adjacent to an activating group) is 2. The van der Waals surface area contributed by atoms with E-state index in [0.29, 0.717) is 23.7 Å². The van der Waals surface area contributed by atoms with E-state index in [0.717, 1.165) is 10.6 Å². The van der Waals surface area contributed by atoms with Gasteiger partial charge in [0.25, 0.3) is 0 Å². The predicted molar refractivity (Wildman–Crippen MR) is 86.4 cm³/mol. The molecule has 0 aliphatic heterocycles. The fourth-order valence-corrected chi connectivity index (χ4v) is 2.18. The second-order valence-electron chi connectivity index (χ2n) is 4.97. The molecule has 0 rings (SSSR count). The minimum absolute atomic E-state index is 0.00236. The summed E-state index contributed by atoms with van der Waals surface area (Å²) in [6.07, 6.45) is 0.233. The van der Waals surface area contributed by atoms with Crippen LogP contribution in [0.2, 0.25) is 0 Å². The maximum absolute atomic E-state index is 11.3. The molecule has 0 aliphatic carbocycles. The van der Waals surface area contributed by atoms with Crippen LogP contribution in [0, 0.1) is 5.41 Å². The van der Waals surface area contributed by atoms with Gasteiger partial charge in [0, 0.05) is 38.0 Å². The Hall–Kier alpha value is -1.25. The molecule has 2 N–H and O–H groups in total. The van der Waals surface area contributed by atoms with E-state index in [1.54, 1.807) is 18.7 Å². The van der Waals surface area contributed by atoms with Crippen molar-refractivity contribution in [3.63, 3.8) is 0 Å². The fourth-order valence-electron chi connectivity index (χ4n) is 1.73. The molecule has 122 valence electrons. The van der Waals surface area contributed by atoms with Gasteiger partial charge in [0.1, 0.15) is 5.82 Å². The van der Waals surface area contributed by atoms with Crippen molar-refractivity contribution in [2.24, 2.45) is 4.99 Å². The first-order chi connectivity index (χ1) is 9.54.